The first-order valence-corrected chi connectivity index (χ1v) is 6.49. The highest BCUT2D eigenvalue weighted by molar-refractivity contribution is 7.13. The summed E-state index contributed by atoms with van der Waals surface area (Å²) in [6, 6.07) is 15.8. The molecular weight excluding hydrogens is 242 g/mol. The van der Waals surface area contributed by atoms with Crippen LogP contribution in [0.1, 0.15) is 0 Å². The quantitative estimate of drug-likeness (QED) is 0.768. The van der Waals surface area contributed by atoms with Crippen LogP contribution in [0, 0.1) is 0 Å². The van der Waals surface area contributed by atoms with Crippen molar-refractivity contribution in [1.29, 1.82) is 0 Å². The molecule has 2 heterocycles. The number of hydrogen-bond donors (Lipinski definition) is 1. The fourth-order valence-electron chi connectivity index (χ4n) is 1.61. The van der Waals surface area contributed by atoms with Crippen LogP contribution in [0.15, 0.2) is 60.1 Å². The zero-order chi connectivity index (χ0) is 12.2. The summed E-state index contributed by atoms with van der Waals surface area (Å²) in [6.07, 6.45) is 1.78. The topological polar surface area (TPSA) is 37.8 Å². The predicted molar refractivity (Wildman–Crippen MR) is 75.1 cm³/mol. The maximum absolute atomic E-state index is 4.52. The van der Waals surface area contributed by atoms with E-state index in [1.54, 1.807) is 17.5 Å². The lowest BCUT2D eigenvalue weighted by atomic mass is 10.3. The Morgan fingerprint density at radius 2 is 1.78 bits per heavy atom. The maximum Gasteiger partial charge on any atom is 0.144 e. The van der Waals surface area contributed by atoms with E-state index in [0.29, 0.717) is 0 Å². The number of hydrogen-bond acceptors (Lipinski definition) is 4. The standard InChI is InChI=1S/C14H11N3S/c1-2-6-11(7-3-1)16-13-10-18-14(17-13)12-8-4-5-9-15-12/h1-10,16H. The predicted octanol–water partition coefficient (Wildman–Crippen LogP) is 3.95. The highest BCUT2D eigenvalue weighted by Crippen LogP contribution is 2.25. The van der Waals surface area contributed by atoms with Crippen molar-refractivity contribution >= 4 is 22.8 Å². The van der Waals surface area contributed by atoms with Crippen molar-refractivity contribution in [3.8, 4) is 10.7 Å². The number of pyridine rings is 1. The molecule has 0 aliphatic rings. The minimum atomic E-state index is 0.854. The summed E-state index contributed by atoms with van der Waals surface area (Å²) >= 11 is 1.59. The number of rotatable bonds is 3. The average Bonchev–Trinajstić information content (AvgIpc) is 2.89. The summed E-state index contributed by atoms with van der Waals surface area (Å²) in [5, 5.41) is 6.19. The highest BCUT2D eigenvalue weighted by Gasteiger charge is 2.05. The van der Waals surface area contributed by atoms with E-state index in [1.165, 1.54) is 0 Å². The van der Waals surface area contributed by atoms with E-state index in [1.807, 2.05) is 53.9 Å². The minimum absolute atomic E-state index is 0.854. The van der Waals surface area contributed by atoms with Crippen molar-refractivity contribution in [2.45, 2.75) is 0 Å². The molecule has 0 fully saturated rings. The number of aromatic nitrogens is 2. The van der Waals surface area contributed by atoms with Crippen LogP contribution in [-0.2, 0) is 0 Å². The molecule has 18 heavy (non-hydrogen) atoms. The van der Waals surface area contributed by atoms with Crippen molar-refractivity contribution < 1.29 is 0 Å². The van der Waals surface area contributed by atoms with Gasteiger partial charge in [-0.25, -0.2) is 4.98 Å². The van der Waals surface area contributed by atoms with Gasteiger partial charge in [-0.3, -0.25) is 4.98 Å². The first-order valence-electron chi connectivity index (χ1n) is 5.61. The molecule has 3 aromatic rings. The molecule has 0 saturated heterocycles. The SMILES string of the molecule is c1ccc(Nc2csc(-c3ccccn3)n2)cc1. The number of benzene rings is 1. The Bertz CT molecular complexity index is 620. The van der Waals surface area contributed by atoms with Gasteiger partial charge in [-0.2, -0.15) is 0 Å². The number of thiazole rings is 1. The molecule has 0 spiro atoms. The molecule has 88 valence electrons. The summed E-state index contributed by atoms with van der Waals surface area (Å²) in [4.78, 5) is 8.81. The van der Waals surface area contributed by atoms with Crippen molar-refractivity contribution in [2.24, 2.45) is 0 Å². The number of para-hydroxylation sites is 1. The molecule has 1 N–H and O–H groups in total. The van der Waals surface area contributed by atoms with E-state index in [9.17, 15) is 0 Å². The smallest absolute Gasteiger partial charge is 0.144 e. The zero-order valence-electron chi connectivity index (χ0n) is 9.58. The minimum Gasteiger partial charge on any atom is -0.340 e. The van der Waals surface area contributed by atoms with Gasteiger partial charge in [-0.1, -0.05) is 24.3 Å². The summed E-state index contributed by atoms with van der Waals surface area (Å²) in [7, 11) is 0. The molecule has 0 radical (unpaired) electrons. The lowest BCUT2D eigenvalue weighted by Crippen LogP contribution is -1.89. The summed E-state index contributed by atoms with van der Waals surface area (Å²) in [6.45, 7) is 0. The van der Waals surface area contributed by atoms with Crippen LogP contribution in [0.25, 0.3) is 10.7 Å². The van der Waals surface area contributed by atoms with E-state index in [-0.39, 0.29) is 0 Å². The second kappa shape index (κ2) is 4.98. The lowest BCUT2D eigenvalue weighted by Gasteiger charge is -2.01. The third kappa shape index (κ3) is 2.38. The van der Waals surface area contributed by atoms with Gasteiger partial charge in [-0.05, 0) is 24.3 Å². The fraction of sp³-hybridized carbons (Fsp3) is 0. The van der Waals surface area contributed by atoms with Gasteiger partial charge in [-0.15, -0.1) is 11.3 Å². The van der Waals surface area contributed by atoms with E-state index in [4.69, 9.17) is 0 Å². The highest BCUT2D eigenvalue weighted by atomic mass is 32.1. The van der Waals surface area contributed by atoms with E-state index < -0.39 is 0 Å². The van der Waals surface area contributed by atoms with Gasteiger partial charge in [0.2, 0.25) is 0 Å². The van der Waals surface area contributed by atoms with E-state index >= 15 is 0 Å². The molecule has 1 aromatic carbocycles. The fourth-order valence-corrected chi connectivity index (χ4v) is 2.33. The van der Waals surface area contributed by atoms with Crippen LogP contribution >= 0.6 is 11.3 Å². The van der Waals surface area contributed by atoms with Crippen LogP contribution < -0.4 is 5.32 Å². The molecule has 2 aromatic heterocycles. The van der Waals surface area contributed by atoms with Gasteiger partial charge in [0, 0.05) is 17.3 Å². The van der Waals surface area contributed by atoms with Gasteiger partial charge in [0.25, 0.3) is 0 Å². The lowest BCUT2D eigenvalue weighted by molar-refractivity contribution is 1.29. The molecule has 0 bridgehead atoms. The number of nitrogens with one attached hydrogen (secondary N) is 1. The molecule has 0 aliphatic heterocycles. The van der Waals surface area contributed by atoms with Crippen LogP contribution in [0.5, 0.6) is 0 Å². The molecule has 4 heteroatoms. The van der Waals surface area contributed by atoms with Crippen LogP contribution in [-0.4, -0.2) is 9.97 Å². The van der Waals surface area contributed by atoms with Crippen LogP contribution in [0.4, 0.5) is 11.5 Å². The van der Waals surface area contributed by atoms with Gasteiger partial charge >= 0.3 is 0 Å². The normalized spacial score (nSPS) is 10.2. The van der Waals surface area contributed by atoms with Crippen molar-refractivity contribution in [3.63, 3.8) is 0 Å². The van der Waals surface area contributed by atoms with Gasteiger partial charge in [0.15, 0.2) is 0 Å². The van der Waals surface area contributed by atoms with E-state index in [2.05, 4.69) is 15.3 Å². The molecule has 0 saturated carbocycles. The summed E-state index contributed by atoms with van der Waals surface area (Å²) < 4.78 is 0. The van der Waals surface area contributed by atoms with Crippen molar-refractivity contribution in [1.82, 2.24) is 9.97 Å². The zero-order valence-corrected chi connectivity index (χ0v) is 10.4. The second-order valence-corrected chi connectivity index (χ2v) is 4.60. The van der Waals surface area contributed by atoms with Crippen LogP contribution in [0.2, 0.25) is 0 Å². The Kier molecular flexibility index (Phi) is 3.02. The monoisotopic (exact) mass is 253 g/mol. The number of nitrogens with zero attached hydrogens (tertiary/aromatic N) is 2. The Labute approximate surface area is 109 Å². The van der Waals surface area contributed by atoms with Gasteiger partial charge in [0.05, 0.1) is 5.69 Å². The number of anilines is 2. The third-order valence-corrected chi connectivity index (χ3v) is 3.30. The second-order valence-electron chi connectivity index (χ2n) is 3.74. The first kappa shape index (κ1) is 10.9. The van der Waals surface area contributed by atoms with Crippen LogP contribution in [0.3, 0.4) is 0 Å². The molecule has 0 atom stereocenters. The maximum atomic E-state index is 4.52. The summed E-state index contributed by atoms with van der Waals surface area (Å²) in [5.74, 6) is 0.854. The Balaban J connectivity index is 1.82. The van der Waals surface area contributed by atoms with Gasteiger partial charge in [0.1, 0.15) is 10.8 Å². The Morgan fingerprint density at radius 3 is 2.56 bits per heavy atom. The molecule has 3 rings (SSSR count). The summed E-state index contributed by atoms with van der Waals surface area (Å²) in [5.41, 5.74) is 1.94. The van der Waals surface area contributed by atoms with Gasteiger partial charge < -0.3 is 5.32 Å². The Morgan fingerprint density at radius 1 is 0.944 bits per heavy atom. The molecule has 0 aliphatic carbocycles. The third-order valence-electron chi connectivity index (χ3n) is 2.43. The molecule has 3 nitrogen and oxygen atoms in total. The Hall–Kier alpha value is -2.20. The first-order chi connectivity index (χ1) is 8.92. The largest absolute Gasteiger partial charge is 0.340 e. The average molecular weight is 253 g/mol. The molecular formula is C14H11N3S. The molecule has 0 amide bonds. The van der Waals surface area contributed by atoms with Crippen molar-refractivity contribution in [2.75, 3.05) is 5.32 Å². The molecule has 0 unspecified atom stereocenters. The van der Waals surface area contributed by atoms with Crippen molar-refractivity contribution in [3.05, 3.63) is 60.1 Å². The van der Waals surface area contributed by atoms with E-state index in [0.717, 1.165) is 22.2 Å².